The highest BCUT2D eigenvalue weighted by Crippen LogP contribution is 2.22. The molecule has 0 aromatic heterocycles. The molecule has 2 aliphatic rings. The van der Waals surface area contributed by atoms with Gasteiger partial charge in [-0.1, -0.05) is 27.2 Å². The van der Waals surface area contributed by atoms with Crippen LogP contribution >= 0.6 is 0 Å². The molecule has 5 nitrogen and oxygen atoms in total. The van der Waals surface area contributed by atoms with Crippen molar-refractivity contribution in [3.63, 3.8) is 0 Å². The molecule has 0 aliphatic carbocycles. The summed E-state index contributed by atoms with van der Waals surface area (Å²) in [6.45, 7) is 7.34. The lowest BCUT2D eigenvalue weighted by Crippen LogP contribution is -2.65. The van der Waals surface area contributed by atoms with Crippen molar-refractivity contribution >= 4 is 11.8 Å². The summed E-state index contributed by atoms with van der Waals surface area (Å²) in [6, 6.07) is -0.725. The normalized spacial score (nSPS) is 32.0. The smallest absolute Gasteiger partial charge is 0.246 e. The van der Waals surface area contributed by atoms with Gasteiger partial charge < -0.3 is 15.0 Å². The fraction of sp³-hybridized carbons (Fsp3) is 0.875. The highest BCUT2D eigenvalue weighted by Gasteiger charge is 2.42. The number of ether oxygens (including phenoxy) is 1. The SMILES string of the molecule is CCC(C)C1NC(=O)C(CC)N(CC2CCCCO2)C1=O. The maximum Gasteiger partial charge on any atom is 0.246 e. The number of amides is 2. The van der Waals surface area contributed by atoms with Crippen LogP contribution in [0.5, 0.6) is 0 Å². The summed E-state index contributed by atoms with van der Waals surface area (Å²) < 4.78 is 5.75. The van der Waals surface area contributed by atoms with E-state index in [1.165, 1.54) is 0 Å². The number of carbonyl (C=O) groups is 2. The van der Waals surface area contributed by atoms with Crippen molar-refractivity contribution in [1.82, 2.24) is 10.2 Å². The lowest BCUT2D eigenvalue weighted by atomic mass is 9.93. The first kappa shape index (κ1) is 16.3. The highest BCUT2D eigenvalue weighted by atomic mass is 16.5. The van der Waals surface area contributed by atoms with Crippen molar-refractivity contribution in [2.45, 2.75) is 71.1 Å². The van der Waals surface area contributed by atoms with E-state index in [4.69, 9.17) is 4.74 Å². The minimum atomic E-state index is -0.381. The van der Waals surface area contributed by atoms with Crippen molar-refractivity contribution in [3.8, 4) is 0 Å². The van der Waals surface area contributed by atoms with E-state index in [-0.39, 0.29) is 35.9 Å². The standard InChI is InChI=1S/C16H28N2O3/c1-4-11(3)14-16(20)18(13(5-2)15(19)17-14)10-12-8-6-7-9-21-12/h11-14H,4-10H2,1-3H3,(H,17,19). The van der Waals surface area contributed by atoms with Gasteiger partial charge in [0.2, 0.25) is 11.8 Å². The molecule has 4 atom stereocenters. The third kappa shape index (κ3) is 3.57. The van der Waals surface area contributed by atoms with Gasteiger partial charge in [0.15, 0.2) is 0 Å². The zero-order valence-corrected chi connectivity index (χ0v) is 13.4. The van der Waals surface area contributed by atoms with Crippen LogP contribution in [0.2, 0.25) is 0 Å². The van der Waals surface area contributed by atoms with Gasteiger partial charge in [0.25, 0.3) is 0 Å². The molecule has 2 heterocycles. The van der Waals surface area contributed by atoms with Crippen molar-refractivity contribution in [2.75, 3.05) is 13.2 Å². The Hall–Kier alpha value is -1.10. The van der Waals surface area contributed by atoms with Crippen LogP contribution < -0.4 is 5.32 Å². The zero-order valence-electron chi connectivity index (χ0n) is 13.4. The summed E-state index contributed by atoms with van der Waals surface area (Å²) >= 11 is 0. The molecule has 2 rings (SSSR count). The first-order chi connectivity index (χ1) is 10.1. The van der Waals surface area contributed by atoms with Gasteiger partial charge in [0.05, 0.1) is 6.10 Å². The number of nitrogens with zero attached hydrogens (tertiary/aromatic N) is 1. The highest BCUT2D eigenvalue weighted by molar-refractivity contribution is 5.97. The lowest BCUT2D eigenvalue weighted by molar-refractivity contribution is -0.153. The molecule has 0 aromatic carbocycles. The van der Waals surface area contributed by atoms with Crippen molar-refractivity contribution in [1.29, 1.82) is 0 Å². The summed E-state index contributed by atoms with van der Waals surface area (Å²) in [5, 5.41) is 2.91. The molecule has 0 radical (unpaired) electrons. The molecule has 0 saturated carbocycles. The van der Waals surface area contributed by atoms with Gasteiger partial charge in [-0.05, 0) is 31.6 Å². The number of rotatable bonds is 5. The molecule has 1 N–H and O–H groups in total. The third-order valence-corrected chi connectivity index (χ3v) is 4.80. The monoisotopic (exact) mass is 296 g/mol. The van der Waals surface area contributed by atoms with Crippen molar-refractivity contribution < 1.29 is 14.3 Å². The Labute approximate surface area is 127 Å². The second-order valence-electron chi connectivity index (χ2n) is 6.28. The Morgan fingerprint density at radius 3 is 2.67 bits per heavy atom. The van der Waals surface area contributed by atoms with E-state index in [1.807, 2.05) is 20.8 Å². The fourth-order valence-corrected chi connectivity index (χ4v) is 3.20. The summed E-state index contributed by atoms with van der Waals surface area (Å²) in [5.74, 6) is 0.206. The number of hydrogen-bond donors (Lipinski definition) is 1. The van der Waals surface area contributed by atoms with Gasteiger partial charge in [-0.2, -0.15) is 0 Å². The van der Waals surface area contributed by atoms with Crippen LogP contribution in [0.1, 0.15) is 52.9 Å². The molecule has 5 heteroatoms. The van der Waals surface area contributed by atoms with E-state index in [0.717, 1.165) is 32.3 Å². The molecule has 0 spiro atoms. The van der Waals surface area contributed by atoms with E-state index in [2.05, 4.69) is 5.32 Å². The van der Waals surface area contributed by atoms with Crippen molar-refractivity contribution in [3.05, 3.63) is 0 Å². The first-order valence-electron chi connectivity index (χ1n) is 8.30. The van der Waals surface area contributed by atoms with E-state index in [0.29, 0.717) is 13.0 Å². The molecule has 2 fully saturated rings. The molecule has 0 aromatic rings. The summed E-state index contributed by atoms with van der Waals surface area (Å²) in [6.07, 6.45) is 4.83. The molecule has 4 unspecified atom stereocenters. The Morgan fingerprint density at radius 1 is 1.33 bits per heavy atom. The van der Waals surface area contributed by atoms with Gasteiger partial charge in [0, 0.05) is 13.2 Å². The summed E-state index contributed by atoms with van der Waals surface area (Å²) in [7, 11) is 0. The predicted octanol–water partition coefficient (Wildman–Crippen LogP) is 1.71. The minimum Gasteiger partial charge on any atom is -0.376 e. The lowest BCUT2D eigenvalue weighted by Gasteiger charge is -2.42. The van der Waals surface area contributed by atoms with Crippen LogP contribution in [0.3, 0.4) is 0 Å². The Bertz CT molecular complexity index is 380. The second-order valence-corrected chi connectivity index (χ2v) is 6.28. The Morgan fingerprint density at radius 2 is 2.10 bits per heavy atom. The molecule has 0 bridgehead atoms. The number of hydrogen-bond acceptors (Lipinski definition) is 3. The van der Waals surface area contributed by atoms with E-state index >= 15 is 0 Å². The van der Waals surface area contributed by atoms with Crippen LogP contribution in [-0.4, -0.2) is 48.1 Å². The topological polar surface area (TPSA) is 58.6 Å². The van der Waals surface area contributed by atoms with Crippen molar-refractivity contribution in [2.24, 2.45) is 5.92 Å². The zero-order chi connectivity index (χ0) is 15.4. The maximum absolute atomic E-state index is 12.8. The molecular weight excluding hydrogens is 268 g/mol. The quantitative estimate of drug-likeness (QED) is 0.840. The van der Waals surface area contributed by atoms with Gasteiger partial charge in [0.1, 0.15) is 12.1 Å². The van der Waals surface area contributed by atoms with Gasteiger partial charge in [-0.3, -0.25) is 9.59 Å². The van der Waals surface area contributed by atoms with Crippen LogP contribution in [0.4, 0.5) is 0 Å². The van der Waals surface area contributed by atoms with Crippen LogP contribution in [0.25, 0.3) is 0 Å². The second kappa shape index (κ2) is 7.25. The van der Waals surface area contributed by atoms with Gasteiger partial charge in [-0.25, -0.2) is 0 Å². The van der Waals surface area contributed by atoms with E-state index in [1.54, 1.807) is 4.90 Å². The predicted molar refractivity (Wildman–Crippen MR) is 80.8 cm³/mol. The number of carbonyl (C=O) groups excluding carboxylic acids is 2. The average Bonchev–Trinajstić information content (AvgIpc) is 2.51. The third-order valence-electron chi connectivity index (χ3n) is 4.80. The molecule has 21 heavy (non-hydrogen) atoms. The molecular formula is C16H28N2O3. The Kier molecular flexibility index (Phi) is 5.62. The average molecular weight is 296 g/mol. The van der Waals surface area contributed by atoms with E-state index < -0.39 is 0 Å². The van der Waals surface area contributed by atoms with Crippen LogP contribution in [0.15, 0.2) is 0 Å². The molecule has 2 saturated heterocycles. The number of nitrogens with one attached hydrogen (secondary N) is 1. The number of piperazine rings is 1. The molecule has 120 valence electrons. The van der Waals surface area contributed by atoms with Crippen LogP contribution in [-0.2, 0) is 14.3 Å². The van der Waals surface area contributed by atoms with Crippen LogP contribution in [0, 0.1) is 5.92 Å². The summed E-state index contributed by atoms with van der Waals surface area (Å²) in [5.41, 5.74) is 0. The maximum atomic E-state index is 12.8. The minimum absolute atomic E-state index is 0.0155. The molecule has 2 aliphatic heterocycles. The first-order valence-corrected chi connectivity index (χ1v) is 8.30. The Balaban J connectivity index is 2.11. The molecule has 2 amide bonds. The van der Waals surface area contributed by atoms with Gasteiger partial charge in [-0.15, -0.1) is 0 Å². The van der Waals surface area contributed by atoms with E-state index in [9.17, 15) is 9.59 Å². The van der Waals surface area contributed by atoms with Gasteiger partial charge >= 0.3 is 0 Å². The summed E-state index contributed by atoms with van der Waals surface area (Å²) in [4.78, 5) is 26.8. The largest absolute Gasteiger partial charge is 0.376 e. The fourth-order valence-electron chi connectivity index (χ4n) is 3.20.